The average Bonchev–Trinajstić information content (AvgIpc) is 2.70. The highest BCUT2D eigenvalue weighted by Crippen LogP contribution is 2.20. The van der Waals surface area contributed by atoms with Gasteiger partial charge < -0.3 is 5.32 Å². The fourth-order valence-corrected chi connectivity index (χ4v) is 1.80. The van der Waals surface area contributed by atoms with Crippen molar-refractivity contribution in [2.75, 3.05) is 13.1 Å². The summed E-state index contributed by atoms with van der Waals surface area (Å²) in [6.07, 6.45) is 0.865. The smallest absolute Gasteiger partial charge is 0.123 e. The monoisotopic (exact) mass is 206 g/mol. The van der Waals surface area contributed by atoms with Gasteiger partial charge in [-0.3, -0.25) is 4.99 Å². The highest BCUT2D eigenvalue weighted by molar-refractivity contribution is 5.84. The van der Waals surface area contributed by atoms with E-state index in [4.69, 9.17) is 0 Å². The minimum atomic E-state index is -0.166. The molecule has 1 aromatic rings. The molecular formula is C12H15FN2. The number of nitrogens with one attached hydrogen (secondary N) is 1. The number of aliphatic imine (C=N–C) groups is 1. The summed E-state index contributed by atoms with van der Waals surface area (Å²) in [5.74, 6) is 1.19. The molecule has 1 aliphatic rings. The molecule has 1 heterocycles. The van der Waals surface area contributed by atoms with Gasteiger partial charge in [0.2, 0.25) is 0 Å². The lowest BCUT2D eigenvalue weighted by Gasteiger charge is -2.12. The third kappa shape index (κ3) is 2.55. The van der Waals surface area contributed by atoms with Crippen molar-refractivity contribution in [2.24, 2.45) is 4.99 Å². The molecule has 0 fully saturated rings. The summed E-state index contributed by atoms with van der Waals surface area (Å²) in [5, 5.41) is 3.23. The average molecular weight is 206 g/mol. The van der Waals surface area contributed by atoms with E-state index in [-0.39, 0.29) is 5.82 Å². The van der Waals surface area contributed by atoms with Crippen LogP contribution in [0.5, 0.6) is 0 Å². The van der Waals surface area contributed by atoms with Gasteiger partial charge in [0, 0.05) is 13.0 Å². The summed E-state index contributed by atoms with van der Waals surface area (Å²) in [7, 11) is 0. The van der Waals surface area contributed by atoms with E-state index >= 15 is 0 Å². The summed E-state index contributed by atoms with van der Waals surface area (Å²) >= 11 is 0. The molecular weight excluding hydrogens is 191 g/mol. The van der Waals surface area contributed by atoms with E-state index in [1.54, 1.807) is 12.1 Å². The number of hydrogen-bond donors (Lipinski definition) is 1. The van der Waals surface area contributed by atoms with Crippen LogP contribution in [-0.4, -0.2) is 18.9 Å². The van der Waals surface area contributed by atoms with Crippen molar-refractivity contribution in [2.45, 2.75) is 19.3 Å². The van der Waals surface area contributed by atoms with E-state index in [0.29, 0.717) is 5.92 Å². The zero-order chi connectivity index (χ0) is 10.7. The molecule has 0 radical (unpaired) electrons. The molecule has 1 unspecified atom stereocenters. The zero-order valence-corrected chi connectivity index (χ0v) is 8.83. The van der Waals surface area contributed by atoms with Gasteiger partial charge in [0.15, 0.2) is 0 Å². The van der Waals surface area contributed by atoms with Crippen molar-refractivity contribution < 1.29 is 4.39 Å². The second-order valence-electron chi connectivity index (χ2n) is 3.92. The van der Waals surface area contributed by atoms with Gasteiger partial charge in [-0.05, 0) is 23.6 Å². The van der Waals surface area contributed by atoms with Crippen LogP contribution in [0.15, 0.2) is 29.3 Å². The van der Waals surface area contributed by atoms with E-state index in [1.165, 1.54) is 6.07 Å². The SMILES string of the molecule is CC(CC1=NCCN1)c1cccc(F)c1. The molecule has 0 aromatic heterocycles. The minimum absolute atomic E-state index is 0.166. The number of amidine groups is 1. The van der Waals surface area contributed by atoms with Crippen molar-refractivity contribution in [3.63, 3.8) is 0 Å². The summed E-state index contributed by atoms with van der Waals surface area (Å²) in [6, 6.07) is 6.79. The quantitative estimate of drug-likeness (QED) is 0.806. The van der Waals surface area contributed by atoms with Crippen LogP contribution in [0.3, 0.4) is 0 Å². The molecule has 3 heteroatoms. The van der Waals surface area contributed by atoms with Gasteiger partial charge >= 0.3 is 0 Å². The minimum Gasteiger partial charge on any atom is -0.372 e. The van der Waals surface area contributed by atoms with Crippen LogP contribution in [0.25, 0.3) is 0 Å². The van der Waals surface area contributed by atoms with Gasteiger partial charge in [-0.2, -0.15) is 0 Å². The van der Waals surface area contributed by atoms with Crippen molar-refractivity contribution in [1.29, 1.82) is 0 Å². The van der Waals surface area contributed by atoms with Gasteiger partial charge in [-0.1, -0.05) is 19.1 Å². The standard InChI is InChI=1S/C12H15FN2/c1-9(7-12-14-5-6-15-12)10-3-2-4-11(13)8-10/h2-4,8-9H,5-7H2,1H3,(H,14,15). The third-order valence-corrected chi connectivity index (χ3v) is 2.66. The van der Waals surface area contributed by atoms with Crippen LogP contribution in [0.4, 0.5) is 4.39 Å². The second-order valence-corrected chi connectivity index (χ2v) is 3.92. The molecule has 2 nitrogen and oxygen atoms in total. The van der Waals surface area contributed by atoms with E-state index in [2.05, 4.69) is 17.2 Å². The van der Waals surface area contributed by atoms with Crippen LogP contribution >= 0.6 is 0 Å². The van der Waals surface area contributed by atoms with Gasteiger partial charge in [0.25, 0.3) is 0 Å². The molecule has 0 aliphatic carbocycles. The fraction of sp³-hybridized carbons (Fsp3) is 0.417. The molecule has 1 aliphatic heterocycles. The molecule has 0 saturated heterocycles. The maximum atomic E-state index is 13.0. The Kier molecular flexibility index (Phi) is 2.99. The highest BCUT2D eigenvalue weighted by Gasteiger charge is 2.12. The molecule has 0 amide bonds. The lowest BCUT2D eigenvalue weighted by atomic mass is 9.97. The van der Waals surface area contributed by atoms with Crippen molar-refractivity contribution in [3.05, 3.63) is 35.6 Å². The van der Waals surface area contributed by atoms with E-state index in [1.807, 2.05) is 6.07 Å². The van der Waals surface area contributed by atoms with Crippen LogP contribution in [0, 0.1) is 5.82 Å². The summed E-state index contributed by atoms with van der Waals surface area (Å²) in [5.41, 5.74) is 1.03. The predicted octanol–water partition coefficient (Wildman–Crippen LogP) is 2.32. The fourth-order valence-electron chi connectivity index (χ4n) is 1.80. The second kappa shape index (κ2) is 4.43. The Morgan fingerprint density at radius 3 is 3.07 bits per heavy atom. The molecule has 1 atom stereocenters. The van der Waals surface area contributed by atoms with Crippen LogP contribution < -0.4 is 5.32 Å². The number of halogens is 1. The van der Waals surface area contributed by atoms with E-state index < -0.39 is 0 Å². The van der Waals surface area contributed by atoms with Crippen LogP contribution in [0.1, 0.15) is 24.8 Å². The Hall–Kier alpha value is -1.38. The van der Waals surface area contributed by atoms with Crippen molar-refractivity contribution in [1.82, 2.24) is 5.32 Å². The van der Waals surface area contributed by atoms with Crippen molar-refractivity contribution in [3.8, 4) is 0 Å². The first-order valence-corrected chi connectivity index (χ1v) is 5.28. The van der Waals surface area contributed by atoms with Gasteiger partial charge in [0.1, 0.15) is 5.82 Å². The Labute approximate surface area is 89.2 Å². The Morgan fingerprint density at radius 2 is 2.40 bits per heavy atom. The molecule has 15 heavy (non-hydrogen) atoms. The summed E-state index contributed by atoms with van der Waals surface area (Å²) in [4.78, 5) is 4.34. The first kappa shape index (κ1) is 10.1. The number of nitrogens with zero attached hydrogens (tertiary/aromatic N) is 1. The largest absolute Gasteiger partial charge is 0.372 e. The lowest BCUT2D eigenvalue weighted by Crippen LogP contribution is -2.20. The topological polar surface area (TPSA) is 24.4 Å². The maximum absolute atomic E-state index is 13.0. The molecule has 1 N–H and O–H groups in total. The molecule has 0 saturated carbocycles. The Bertz CT molecular complexity index is 374. The molecule has 0 spiro atoms. The summed E-state index contributed by atoms with van der Waals surface area (Å²) < 4.78 is 13.0. The predicted molar refractivity (Wildman–Crippen MR) is 59.7 cm³/mol. The summed E-state index contributed by atoms with van der Waals surface area (Å²) in [6.45, 7) is 3.90. The Morgan fingerprint density at radius 1 is 1.53 bits per heavy atom. The highest BCUT2D eigenvalue weighted by atomic mass is 19.1. The zero-order valence-electron chi connectivity index (χ0n) is 8.83. The number of hydrogen-bond acceptors (Lipinski definition) is 2. The van der Waals surface area contributed by atoms with E-state index in [9.17, 15) is 4.39 Å². The van der Waals surface area contributed by atoms with Crippen molar-refractivity contribution >= 4 is 5.84 Å². The molecule has 2 rings (SSSR count). The van der Waals surface area contributed by atoms with Crippen LogP contribution in [0.2, 0.25) is 0 Å². The first-order valence-electron chi connectivity index (χ1n) is 5.28. The van der Waals surface area contributed by atoms with Gasteiger partial charge in [0.05, 0.1) is 12.4 Å². The number of benzene rings is 1. The maximum Gasteiger partial charge on any atom is 0.123 e. The molecule has 1 aromatic carbocycles. The first-order chi connectivity index (χ1) is 7.25. The third-order valence-electron chi connectivity index (χ3n) is 2.66. The van der Waals surface area contributed by atoms with Crippen LogP contribution in [-0.2, 0) is 0 Å². The number of rotatable bonds is 3. The normalized spacial score (nSPS) is 17.1. The lowest BCUT2D eigenvalue weighted by molar-refractivity contribution is 0.622. The van der Waals surface area contributed by atoms with Gasteiger partial charge in [-0.25, -0.2) is 4.39 Å². The Balaban J connectivity index is 2.04. The van der Waals surface area contributed by atoms with Gasteiger partial charge in [-0.15, -0.1) is 0 Å². The molecule has 80 valence electrons. The molecule has 0 bridgehead atoms. The van der Waals surface area contributed by atoms with E-state index in [0.717, 1.165) is 30.9 Å².